The van der Waals surface area contributed by atoms with Crippen molar-refractivity contribution < 1.29 is 9.53 Å². The summed E-state index contributed by atoms with van der Waals surface area (Å²) in [6.07, 6.45) is 4.16. The van der Waals surface area contributed by atoms with Crippen LogP contribution < -0.4 is 0 Å². The lowest BCUT2D eigenvalue weighted by Crippen LogP contribution is -2.46. The van der Waals surface area contributed by atoms with Gasteiger partial charge in [0.15, 0.2) is 0 Å². The van der Waals surface area contributed by atoms with Gasteiger partial charge in [0.1, 0.15) is 6.10 Å². The second kappa shape index (κ2) is 7.23. The van der Waals surface area contributed by atoms with Gasteiger partial charge in [0, 0.05) is 25.4 Å². The smallest absolute Gasteiger partial charge is 0.223 e. The molecule has 1 aliphatic rings. The maximum absolute atomic E-state index is 12.7. The van der Waals surface area contributed by atoms with Crippen LogP contribution in [0.25, 0.3) is 0 Å². The van der Waals surface area contributed by atoms with Gasteiger partial charge in [0.05, 0.1) is 12.6 Å². The first-order chi connectivity index (χ1) is 11.1. The number of carbonyl (C=O) groups excluding carboxylic acids is 1. The Kier molecular flexibility index (Phi) is 5.08. The Labute approximate surface area is 141 Å². The molecule has 0 aromatic carbocycles. The van der Waals surface area contributed by atoms with E-state index in [2.05, 4.69) is 28.7 Å². The molecule has 0 spiro atoms. The molecule has 1 amide bonds. The van der Waals surface area contributed by atoms with Crippen molar-refractivity contribution in [3.05, 3.63) is 52.5 Å². The molecule has 0 aliphatic carbocycles. The van der Waals surface area contributed by atoms with Gasteiger partial charge >= 0.3 is 0 Å². The van der Waals surface area contributed by atoms with Crippen molar-refractivity contribution in [2.24, 2.45) is 0 Å². The minimum atomic E-state index is -0.0114. The van der Waals surface area contributed by atoms with E-state index in [-0.39, 0.29) is 24.0 Å². The third-order valence-electron chi connectivity index (χ3n) is 4.26. The number of nitrogens with zero attached hydrogens (tertiary/aromatic N) is 2. The lowest BCUT2D eigenvalue weighted by molar-refractivity contribution is -0.145. The van der Waals surface area contributed by atoms with Gasteiger partial charge in [-0.25, -0.2) is 0 Å². The molecule has 0 bridgehead atoms. The molecule has 3 heterocycles. The first kappa shape index (κ1) is 16.1. The highest BCUT2D eigenvalue weighted by molar-refractivity contribution is 7.07. The number of hydrogen-bond acceptors (Lipinski definition) is 4. The van der Waals surface area contributed by atoms with Crippen molar-refractivity contribution in [1.82, 2.24) is 9.88 Å². The number of carbonyl (C=O) groups is 1. The van der Waals surface area contributed by atoms with E-state index in [9.17, 15) is 4.79 Å². The van der Waals surface area contributed by atoms with E-state index in [1.54, 1.807) is 17.5 Å². The first-order valence-electron chi connectivity index (χ1n) is 7.98. The Hall–Kier alpha value is -1.72. The molecule has 0 radical (unpaired) electrons. The van der Waals surface area contributed by atoms with E-state index in [1.165, 1.54) is 5.56 Å². The standard InChI is InChI=1S/C18H22N2O2S/c1-13(15-4-3-6-19-9-15)8-18(21)20-10-14(2)22-17(11-20)16-5-7-23-12-16/h3-7,9,12-14,17H,8,10-11H2,1-2H3. The van der Waals surface area contributed by atoms with Crippen LogP contribution >= 0.6 is 11.3 Å². The van der Waals surface area contributed by atoms with Crippen molar-refractivity contribution in [2.75, 3.05) is 13.1 Å². The summed E-state index contributed by atoms with van der Waals surface area (Å²) in [4.78, 5) is 18.8. The van der Waals surface area contributed by atoms with Gasteiger partial charge in [-0.3, -0.25) is 9.78 Å². The zero-order valence-corrected chi connectivity index (χ0v) is 14.3. The minimum Gasteiger partial charge on any atom is -0.367 e. The zero-order valence-electron chi connectivity index (χ0n) is 13.5. The quantitative estimate of drug-likeness (QED) is 0.860. The average molecular weight is 330 g/mol. The molecule has 2 aromatic rings. The fraction of sp³-hybridized carbons (Fsp3) is 0.444. The molecule has 1 saturated heterocycles. The minimum absolute atomic E-state index is 0.0114. The summed E-state index contributed by atoms with van der Waals surface area (Å²) in [7, 11) is 0. The predicted molar refractivity (Wildman–Crippen MR) is 91.5 cm³/mol. The number of pyridine rings is 1. The summed E-state index contributed by atoms with van der Waals surface area (Å²) < 4.78 is 6.00. The molecule has 1 fully saturated rings. The van der Waals surface area contributed by atoms with Crippen molar-refractivity contribution in [3.8, 4) is 0 Å². The molecule has 122 valence electrons. The summed E-state index contributed by atoms with van der Waals surface area (Å²) in [6, 6.07) is 6.02. The van der Waals surface area contributed by atoms with E-state index in [4.69, 9.17) is 4.74 Å². The van der Waals surface area contributed by atoms with Gasteiger partial charge in [0.25, 0.3) is 0 Å². The molecule has 2 aromatic heterocycles. The average Bonchev–Trinajstić information content (AvgIpc) is 3.09. The predicted octanol–water partition coefficient (Wildman–Crippen LogP) is 3.63. The van der Waals surface area contributed by atoms with E-state index < -0.39 is 0 Å². The molecule has 0 N–H and O–H groups in total. The third-order valence-corrected chi connectivity index (χ3v) is 4.96. The molecule has 23 heavy (non-hydrogen) atoms. The van der Waals surface area contributed by atoms with Crippen molar-refractivity contribution >= 4 is 17.2 Å². The fourth-order valence-corrected chi connectivity index (χ4v) is 3.68. The number of amides is 1. The van der Waals surface area contributed by atoms with Crippen LogP contribution in [0.5, 0.6) is 0 Å². The van der Waals surface area contributed by atoms with Gasteiger partial charge < -0.3 is 9.64 Å². The monoisotopic (exact) mass is 330 g/mol. The van der Waals surface area contributed by atoms with Crippen molar-refractivity contribution in [1.29, 1.82) is 0 Å². The van der Waals surface area contributed by atoms with Crippen LogP contribution in [0.1, 0.15) is 43.4 Å². The number of ether oxygens (including phenoxy) is 1. The number of morpholine rings is 1. The van der Waals surface area contributed by atoms with Crippen LogP contribution in [0, 0.1) is 0 Å². The zero-order chi connectivity index (χ0) is 16.2. The van der Waals surface area contributed by atoms with Crippen LogP contribution in [0.4, 0.5) is 0 Å². The van der Waals surface area contributed by atoms with Crippen LogP contribution in [-0.4, -0.2) is 35.0 Å². The SMILES string of the molecule is CC1CN(C(=O)CC(C)c2cccnc2)CC(c2ccsc2)O1. The van der Waals surface area contributed by atoms with Gasteiger partial charge in [0.2, 0.25) is 5.91 Å². The highest BCUT2D eigenvalue weighted by Gasteiger charge is 2.30. The fourth-order valence-electron chi connectivity index (χ4n) is 2.97. The largest absolute Gasteiger partial charge is 0.367 e. The van der Waals surface area contributed by atoms with Crippen LogP contribution in [0.15, 0.2) is 41.4 Å². The molecule has 5 heteroatoms. The normalized spacial score (nSPS) is 22.8. The van der Waals surface area contributed by atoms with Gasteiger partial charge in [-0.15, -0.1) is 0 Å². The number of thiophene rings is 1. The molecule has 3 unspecified atom stereocenters. The van der Waals surface area contributed by atoms with Crippen LogP contribution in [-0.2, 0) is 9.53 Å². The first-order valence-corrected chi connectivity index (χ1v) is 8.93. The van der Waals surface area contributed by atoms with Gasteiger partial charge in [-0.05, 0) is 46.9 Å². The van der Waals surface area contributed by atoms with Crippen LogP contribution in [0.3, 0.4) is 0 Å². The van der Waals surface area contributed by atoms with E-state index >= 15 is 0 Å². The molecule has 3 rings (SSSR count). The Bertz CT molecular complexity index is 630. The topological polar surface area (TPSA) is 42.4 Å². The van der Waals surface area contributed by atoms with Crippen LogP contribution in [0.2, 0.25) is 0 Å². The molecular weight excluding hydrogens is 308 g/mol. The number of aromatic nitrogens is 1. The Morgan fingerprint density at radius 1 is 1.48 bits per heavy atom. The second-order valence-electron chi connectivity index (χ2n) is 6.18. The summed E-state index contributed by atoms with van der Waals surface area (Å²) >= 11 is 1.66. The summed E-state index contributed by atoms with van der Waals surface area (Å²) in [5.41, 5.74) is 2.27. The van der Waals surface area contributed by atoms with Gasteiger partial charge in [-0.2, -0.15) is 11.3 Å². The highest BCUT2D eigenvalue weighted by atomic mass is 32.1. The Balaban J connectivity index is 1.64. The number of rotatable bonds is 4. The van der Waals surface area contributed by atoms with Gasteiger partial charge in [-0.1, -0.05) is 13.0 Å². The molecular formula is C18H22N2O2S. The van der Waals surface area contributed by atoms with Crippen molar-refractivity contribution in [2.45, 2.75) is 38.4 Å². The number of hydrogen-bond donors (Lipinski definition) is 0. The molecule has 1 aliphatic heterocycles. The lowest BCUT2D eigenvalue weighted by atomic mass is 9.98. The van der Waals surface area contributed by atoms with E-state index in [0.29, 0.717) is 19.5 Å². The van der Waals surface area contributed by atoms with E-state index in [0.717, 1.165) is 5.56 Å². The summed E-state index contributed by atoms with van der Waals surface area (Å²) in [5.74, 6) is 0.366. The summed E-state index contributed by atoms with van der Waals surface area (Å²) in [6.45, 7) is 5.41. The lowest BCUT2D eigenvalue weighted by Gasteiger charge is -2.37. The Morgan fingerprint density at radius 3 is 3.04 bits per heavy atom. The maximum atomic E-state index is 12.7. The highest BCUT2D eigenvalue weighted by Crippen LogP contribution is 2.28. The molecule has 3 atom stereocenters. The molecule has 0 saturated carbocycles. The second-order valence-corrected chi connectivity index (χ2v) is 6.96. The van der Waals surface area contributed by atoms with Crippen molar-refractivity contribution in [3.63, 3.8) is 0 Å². The summed E-state index contributed by atoms with van der Waals surface area (Å²) in [5, 5.41) is 4.15. The Morgan fingerprint density at radius 2 is 2.35 bits per heavy atom. The van der Waals surface area contributed by atoms with E-state index in [1.807, 2.05) is 30.2 Å². The maximum Gasteiger partial charge on any atom is 0.223 e. The third kappa shape index (κ3) is 3.98. The molecule has 4 nitrogen and oxygen atoms in total.